The highest BCUT2D eigenvalue weighted by Crippen LogP contribution is 2.28. The first-order chi connectivity index (χ1) is 15.0. The number of aromatic nitrogens is 1. The highest BCUT2D eigenvalue weighted by atomic mass is 16.3. The first kappa shape index (κ1) is 19.9. The molecule has 3 aromatic carbocycles. The molecule has 0 radical (unpaired) electrons. The highest BCUT2D eigenvalue weighted by molar-refractivity contribution is 6.06. The van der Waals surface area contributed by atoms with Crippen molar-refractivity contribution in [1.29, 1.82) is 0 Å². The smallest absolute Gasteiger partial charge is 0.275 e. The summed E-state index contributed by atoms with van der Waals surface area (Å²) < 4.78 is 1.49. The summed E-state index contributed by atoms with van der Waals surface area (Å²) >= 11 is 0. The van der Waals surface area contributed by atoms with Gasteiger partial charge in [-0.15, -0.1) is 0 Å². The number of hydrogen-bond donors (Lipinski definition) is 3. The minimum absolute atomic E-state index is 0.0277. The number of aromatic hydroxyl groups is 2. The van der Waals surface area contributed by atoms with E-state index in [2.05, 4.69) is 10.5 Å². The number of amides is 1. The van der Waals surface area contributed by atoms with Crippen molar-refractivity contribution in [3.05, 3.63) is 100 Å². The standard InChI is InChI=1S/C24H19N3O4/c1-15(25-26-23(30)18-12-6-8-14-20(18)28)21-22(29)17-11-5-7-13-19(17)27(24(21)31)16-9-3-2-4-10-16/h2-14,28-29H,1H3,(H,26,30)/b25-15-. The zero-order chi connectivity index (χ0) is 22.0. The van der Waals surface area contributed by atoms with E-state index < -0.39 is 11.5 Å². The van der Waals surface area contributed by atoms with Gasteiger partial charge in [0.05, 0.1) is 16.8 Å². The Morgan fingerprint density at radius 1 is 0.903 bits per heavy atom. The van der Waals surface area contributed by atoms with Crippen LogP contribution in [0.4, 0.5) is 0 Å². The molecule has 0 atom stereocenters. The molecule has 3 N–H and O–H groups in total. The predicted molar refractivity (Wildman–Crippen MR) is 119 cm³/mol. The number of para-hydroxylation sites is 3. The largest absolute Gasteiger partial charge is 0.507 e. The van der Waals surface area contributed by atoms with E-state index in [9.17, 15) is 19.8 Å². The van der Waals surface area contributed by atoms with Crippen molar-refractivity contribution in [3.63, 3.8) is 0 Å². The van der Waals surface area contributed by atoms with E-state index in [1.165, 1.54) is 23.6 Å². The number of fused-ring (bicyclic) bond motifs is 1. The number of phenolic OH excluding ortho intramolecular Hbond substituents is 1. The van der Waals surface area contributed by atoms with Crippen LogP contribution in [0.3, 0.4) is 0 Å². The molecular formula is C24H19N3O4. The van der Waals surface area contributed by atoms with E-state index in [-0.39, 0.29) is 28.3 Å². The first-order valence-electron chi connectivity index (χ1n) is 9.54. The Kier molecular flexibility index (Phi) is 5.24. The third-order valence-corrected chi connectivity index (χ3v) is 4.90. The van der Waals surface area contributed by atoms with Gasteiger partial charge in [0.2, 0.25) is 0 Å². The van der Waals surface area contributed by atoms with Crippen molar-refractivity contribution in [1.82, 2.24) is 9.99 Å². The second-order valence-electron chi connectivity index (χ2n) is 6.87. The molecule has 1 aromatic heterocycles. The Morgan fingerprint density at radius 3 is 2.29 bits per heavy atom. The van der Waals surface area contributed by atoms with Gasteiger partial charge >= 0.3 is 0 Å². The lowest BCUT2D eigenvalue weighted by Gasteiger charge is -2.15. The normalized spacial score (nSPS) is 11.5. The number of rotatable bonds is 4. The SMILES string of the molecule is C/C(=N/NC(=O)c1ccccc1O)c1c(O)c2ccccc2n(-c2ccccc2)c1=O. The summed E-state index contributed by atoms with van der Waals surface area (Å²) in [5, 5.41) is 25.2. The van der Waals surface area contributed by atoms with Gasteiger partial charge in [-0.1, -0.05) is 42.5 Å². The Hall–Kier alpha value is -4.39. The Morgan fingerprint density at radius 2 is 1.55 bits per heavy atom. The van der Waals surface area contributed by atoms with Gasteiger partial charge in [-0.05, 0) is 43.3 Å². The zero-order valence-corrected chi connectivity index (χ0v) is 16.6. The molecule has 0 aliphatic carbocycles. The van der Waals surface area contributed by atoms with Crippen LogP contribution in [0.15, 0.2) is 88.8 Å². The van der Waals surface area contributed by atoms with Crippen molar-refractivity contribution in [3.8, 4) is 17.2 Å². The van der Waals surface area contributed by atoms with Crippen molar-refractivity contribution in [2.24, 2.45) is 5.10 Å². The van der Waals surface area contributed by atoms with Crippen LogP contribution in [0.1, 0.15) is 22.8 Å². The average Bonchev–Trinajstić information content (AvgIpc) is 2.78. The van der Waals surface area contributed by atoms with Crippen LogP contribution < -0.4 is 11.0 Å². The van der Waals surface area contributed by atoms with Crippen LogP contribution in [0, 0.1) is 0 Å². The number of nitrogens with zero attached hydrogens (tertiary/aromatic N) is 2. The quantitative estimate of drug-likeness (QED) is 0.352. The monoisotopic (exact) mass is 413 g/mol. The lowest BCUT2D eigenvalue weighted by molar-refractivity contribution is 0.0952. The molecule has 4 aromatic rings. The lowest BCUT2D eigenvalue weighted by Crippen LogP contribution is -2.27. The molecule has 7 heteroatoms. The number of carbonyl (C=O) groups excluding carboxylic acids is 1. The van der Waals surface area contributed by atoms with Crippen LogP contribution in [0.5, 0.6) is 11.5 Å². The van der Waals surface area contributed by atoms with E-state index in [0.717, 1.165) is 0 Å². The maximum atomic E-state index is 13.4. The molecule has 0 fully saturated rings. The van der Waals surface area contributed by atoms with Crippen LogP contribution in [-0.4, -0.2) is 26.4 Å². The van der Waals surface area contributed by atoms with E-state index in [1.807, 2.05) is 18.2 Å². The summed E-state index contributed by atoms with van der Waals surface area (Å²) in [6.07, 6.45) is 0. The molecule has 1 amide bonds. The fourth-order valence-electron chi connectivity index (χ4n) is 3.40. The summed E-state index contributed by atoms with van der Waals surface area (Å²) in [5.41, 5.74) is 3.18. The van der Waals surface area contributed by atoms with Gasteiger partial charge in [0, 0.05) is 11.1 Å². The van der Waals surface area contributed by atoms with Gasteiger partial charge < -0.3 is 10.2 Å². The topological polar surface area (TPSA) is 104 Å². The molecule has 0 aliphatic rings. The van der Waals surface area contributed by atoms with E-state index in [0.29, 0.717) is 16.6 Å². The molecule has 0 saturated carbocycles. The second-order valence-corrected chi connectivity index (χ2v) is 6.87. The average molecular weight is 413 g/mol. The Labute approximate surface area is 177 Å². The first-order valence-corrected chi connectivity index (χ1v) is 9.54. The summed E-state index contributed by atoms with van der Waals surface area (Å²) in [6.45, 7) is 1.52. The van der Waals surface area contributed by atoms with Crippen molar-refractivity contribution < 1.29 is 15.0 Å². The third-order valence-electron chi connectivity index (χ3n) is 4.90. The molecule has 1 heterocycles. The number of phenols is 1. The summed E-state index contributed by atoms with van der Waals surface area (Å²) in [4.78, 5) is 25.7. The van der Waals surface area contributed by atoms with Crippen molar-refractivity contribution in [2.75, 3.05) is 0 Å². The number of hydrogen-bond acceptors (Lipinski definition) is 5. The van der Waals surface area contributed by atoms with Crippen molar-refractivity contribution >= 4 is 22.5 Å². The van der Waals surface area contributed by atoms with Crippen molar-refractivity contribution in [2.45, 2.75) is 6.92 Å². The molecule has 7 nitrogen and oxygen atoms in total. The van der Waals surface area contributed by atoms with Gasteiger partial charge in [-0.3, -0.25) is 14.2 Å². The van der Waals surface area contributed by atoms with Crippen LogP contribution in [-0.2, 0) is 0 Å². The van der Waals surface area contributed by atoms with Crippen LogP contribution in [0.25, 0.3) is 16.6 Å². The van der Waals surface area contributed by atoms with Crippen LogP contribution in [0.2, 0.25) is 0 Å². The summed E-state index contributed by atoms with van der Waals surface area (Å²) in [6, 6.07) is 22.1. The molecule has 0 aliphatic heterocycles. The van der Waals surface area contributed by atoms with Gasteiger partial charge in [0.1, 0.15) is 17.1 Å². The fraction of sp³-hybridized carbons (Fsp3) is 0.0417. The number of nitrogens with one attached hydrogen (secondary N) is 1. The maximum Gasteiger partial charge on any atom is 0.275 e. The van der Waals surface area contributed by atoms with E-state index in [4.69, 9.17) is 0 Å². The fourth-order valence-corrected chi connectivity index (χ4v) is 3.40. The highest BCUT2D eigenvalue weighted by Gasteiger charge is 2.20. The molecule has 0 saturated heterocycles. The van der Waals surface area contributed by atoms with Gasteiger partial charge in [-0.25, -0.2) is 5.43 Å². The zero-order valence-electron chi connectivity index (χ0n) is 16.6. The molecular weight excluding hydrogens is 394 g/mol. The number of hydrazone groups is 1. The van der Waals surface area contributed by atoms with Gasteiger partial charge in [-0.2, -0.15) is 5.10 Å². The predicted octanol–water partition coefficient (Wildman–Crippen LogP) is 3.56. The minimum atomic E-state index is -0.638. The number of carbonyl (C=O) groups is 1. The third kappa shape index (κ3) is 3.64. The number of pyridine rings is 1. The number of benzene rings is 3. The molecule has 0 unspecified atom stereocenters. The maximum absolute atomic E-state index is 13.4. The summed E-state index contributed by atoms with van der Waals surface area (Å²) in [7, 11) is 0. The van der Waals surface area contributed by atoms with Gasteiger partial charge in [0.25, 0.3) is 11.5 Å². The van der Waals surface area contributed by atoms with Crippen LogP contribution >= 0.6 is 0 Å². The molecule has 0 bridgehead atoms. The van der Waals surface area contributed by atoms with Gasteiger partial charge in [0.15, 0.2) is 0 Å². The van der Waals surface area contributed by atoms with E-state index in [1.54, 1.807) is 48.5 Å². The second kappa shape index (κ2) is 8.16. The Balaban J connectivity index is 1.84. The Bertz CT molecular complexity index is 1370. The lowest BCUT2D eigenvalue weighted by atomic mass is 10.1. The molecule has 4 rings (SSSR count). The summed E-state index contributed by atoms with van der Waals surface area (Å²) in [5.74, 6) is -1.04. The van der Waals surface area contributed by atoms with E-state index >= 15 is 0 Å². The molecule has 154 valence electrons. The molecule has 0 spiro atoms. The minimum Gasteiger partial charge on any atom is -0.507 e. The molecule has 31 heavy (non-hydrogen) atoms.